The van der Waals surface area contributed by atoms with E-state index in [1.807, 2.05) is 88.4 Å². The molecule has 530 valence electrons. The molecule has 2 aromatic heterocycles. The van der Waals surface area contributed by atoms with Crippen LogP contribution < -0.4 is 21.3 Å². The standard InChI is InChI=1S/C35H49N5O7S2.C34H47N5O7S2/c1-4-39-15-8-11-25(39)19-36-34-37-28-13-12-26(18-32(28)48-34)49(43,44)40(20-23(2)3)21-30(41)29(17-24-9-6-5-7-10-24)38-35(42)47-31-22-46-33-27(31)14-16-45-33;1-23(2)20-39(48(42,43)25-10-11-27-31(19-25)47-33(36-27)35-13-16-38-14-6-7-15-38)21-29(40)28(18-24-8-4-3-5-9-24)37-34(41)46-30-22-45-32-26(30)12-17-44-32/h5-7,9-10,12-13,18,23,25,27,29-31,33,41H,4,8,11,14-17,19-22H2,1-3H3,(H,36,37)(H,38,42);3-5,8-11,19,23,26,28-30,32,40H,6-7,12-18,20-22H2,1-2H3,(H,35,36)(H,37,41)/t25-,27+,29+,30-,31+,33-;26-,28-,29+,30-,32+/m10/s1. The van der Waals surface area contributed by atoms with Gasteiger partial charge >= 0.3 is 12.2 Å². The second kappa shape index (κ2) is 33.6. The van der Waals surface area contributed by atoms with Crippen molar-refractivity contribution < 1.29 is 65.1 Å². The van der Waals surface area contributed by atoms with Crippen LogP contribution in [0.1, 0.15) is 84.3 Å². The molecule has 8 heterocycles. The largest absolute Gasteiger partial charge is 0.443 e. The molecule has 28 heteroatoms. The number of likely N-dealkylation sites (N-methyl/N-ethyl adjacent to an activating group) is 1. The van der Waals surface area contributed by atoms with E-state index in [1.54, 1.807) is 36.4 Å². The number of hydrogen-bond acceptors (Lipinski definition) is 22. The number of carbonyl (C=O) groups is 2. The number of fused-ring (bicyclic) bond motifs is 4. The van der Waals surface area contributed by atoms with Crippen LogP contribution in [0.15, 0.2) is 107 Å². The van der Waals surface area contributed by atoms with Crippen molar-refractivity contribution in [2.75, 3.05) is 109 Å². The quantitative estimate of drug-likeness (QED) is 0.0248. The first-order valence-corrected chi connectivity index (χ1v) is 38.9. The molecule has 4 aromatic carbocycles. The summed E-state index contributed by atoms with van der Waals surface area (Å²) < 4.78 is 94.7. The van der Waals surface area contributed by atoms with E-state index in [-0.39, 0.29) is 98.3 Å². The Labute approximate surface area is 578 Å². The summed E-state index contributed by atoms with van der Waals surface area (Å²) in [5.41, 5.74) is 3.23. The molecule has 97 heavy (non-hydrogen) atoms. The van der Waals surface area contributed by atoms with Crippen molar-refractivity contribution in [2.45, 2.75) is 151 Å². The Bertz CT molecular complexity index is 3760. The third kappa shape index (κ3) is 19.0. The highest BCUT2D eigenvalue weighted by Crippen LogP contribution is 2.36. The maximum atomic E-state index is 14.2. The van der Waals surface area contributed by atoms with Gasteiger partial charge in [0.05, 0.1) is 92.8 Å². The molecule has 6 aliphatic rings. The Balaban J connectivity index is 0.000000197. The number of amides is 2. The van der Waals surface area contributed by atoms with Gasteiger partial charge in [0.1, 0.15) is 12.2 Å². The number of carbonyl (C=O) groups excluding carboxylic acids is 2. The summed E-state index contributed by atoms with van der Waals surface area (Å²) in [6, 6.07) is 27.7. The van der Waals surface area contributed by atoms with Gasteiger partial charge in [-0.25, -0.2) is 36.4 Å². The van der Waals surface area contributed by atoms with E-state index in [1.165, 1.54) is 50.5 Å². The van der Waals surface area contributed by atoms with Gasteiger partial charge in [-0.1, -0.05) is 118 Å². The van der Waals surface area contributed by atoms with Crippen LogP contribution in [0.4, 0.5) is 19.9 Å². The minimum Gasteiger partial charge on any atom is -0.443 e. The van der Waals surface area contributed by atoms with Crippen molar-refractivity contribution in [3.8, 4) is 0 Å². The van der Waals surface area contributed by atoms with Crippen molar-refractivity contribution in [3.05, 3.63) is 108 Å². The fourth-order valence-corrected chi connectivity index (χ4v) is 19.0. The first-order valence-electron chi connectivity index (χ1n) is 34.4. The maximum Gasteiger partial charge on any atom is 0.407 e. The van der Waals surface area contributed by atoms with E-state index in [0.717, 1.165) is 107 Å². The summed E-state index contributed by atoms with van der Waals surface area (Å²) in [7, 11) is -8.04. The van der Waals surface area contributed by atoms with Crippen LogP contribution in [-0.4, -0.2) is 221 Å². The monoisotopic (exact) mass is 1420 g/mol. The lowest BCUT2D eigenvalue weighted by Crippen LogP contribution is -2.51. The number of anilines is 2. The van der Waals surface area contributed by atoms with Gasteiger partial charge in [-0.3, -0.25) is 4.90 Å². The van der Waals surface area contributed by atoms with E-state index >= 15 is 0 Å². The lowest BCUT2D eigenvalue weighted by molar-refractivity contribution is -0.0909. The number of nitrogens with zero attached hydrogens (tertiary/aromatic N) is 6. The predicted molar refractivity (Wildman–Crippen MR) is 374 cm³/mol. The Hall–Kier alpha value is -5.70. The number of benzene rings is 4. The molecule has 0 spiro atoms. The summed E-state index contributed by atoms with van der Waals surface area (Å²) >= 11 is 2.87. The number of rotatable bonds is 30. The van der Waals surface area contributed by atoms with E-state index in [9.17, 15) is 36.6 Å². The number of thiazole rings is 2. The summed E-state index contributed by atoms with van der Waals surface area (Å²) in [5, 5.41) is 37.3. The fourth-order valence-electron chi connectivity index (χ4n) is 13.7. The minimum absolute atomic E-state index is 0.0139. The van der Waals surface area contributed by atoms with E-state index in [0.29, 0.717) is 19.3 Å². The average Bonchev–Trinajstić information content (AvgIpc) is 1.76. The Morgan fingerprint density at radius 1 is 0.619 bits per heavy atom. The van der Waals surface area contributed by atoms with Gasteiger partial charge < -0.3 is 64.8 Å². The molecule has 6 fully saturated rings. The summed E-state index contributed by atoms with van der Waals surface area (Å²) in [6.07, 6.45) is 1.41. The van der Waals surface area contributed by atoms with Gasteiger partial charge in [0.15, 0.2) is 22.8 Å². The van der Waals surface area contributed by atoms with Crippen molar-refractivity contribution >= 4 is 85.6 Å². The Kier molecular flexibility index (Phi) is 25.2. The third-order valence-electron chi connectivity index (χ3n) is 18.8. The van der Waals surface area contributed by atoms with Gasteiger partial charge in [0, 0.05) is 51.9 Å². The molecule has 6 aliphatic heterocycles. The van der Waals surface area contributed by atoms with Crippen molar-refractivity contribution in [1.29, 1.82) is 0 Å². The zero-order chi connectivity index (χ0) is 68.2. The summed E-state index contributed by atoms with van der Waals surface area (Å²) in [5.74, 6) is -0.0911. The highest BCUT2D eigenvalue weighted by atomic mass is 32.2. The van der Waals surface area contributed by atoms with Gasteiger partial charge in [-0.2, -0.15) is 8.61 Å². The second-order valence-corrected chi connectivity index (χ2v) is 32.9. The normalized spacial score (nSPS) is 23.4. The number of alkyl carbamates (subject to hydrolysis) is 2. The summed E-state index contributed by atoms with van der Waals surface area (Å²) in [4.78, 5) is 40.9. The minimum atomic E-state index is -4.02. The molecule has 0 aliphatic carbocycles. The van der Waals surface area contributed by atoms with Crippen LogP contribution in [-0.2, 0) is 61.3 Å². The number of sulfonamides is 2. The topological polar surface area (TPSA) is 285 Å². The van der Waals surface area contributed by atoms with Crippen LogP contribution >= 0.6 is 22.7 Å². The molecular formula is C69H96N10O14S4. The molecule has 0 radical (unpaired) electrons. The predicted octanol–water partition coefficient (Wildman–Crippen LogP) is 8.21. The van der Waals surface area contributed by atoms with Crippen molar-refractivity contribution in [3.63, 3.8) is 0 Å². The zero-order valence-electron chi connectivity index (χ0n) is 56.1. The smallest absolute Gasteiger partial charge is 0.407 e. The molecule has 6 N–H and O–H groups in total. The number of likely N-dealkylation sites (tertiary alicyclic amines) is 2. The average molecular weight is 1420 g/mol. The summed E-state index contributed by atoms with van der Waals surface area (Å²) in [6.45, 7) is 18.4. The van der Waals surface area contributed by atoms with Crippen LogP contribution in [0.5, 0.6) is 0 Å². The molecule has 0 saturated carbocycles. The van der Waals surface area contributed by atoms with E-state index < -0.39 is 68.7 Å². The highest BCUT2D eigenvalue weighted by molar-refractivity contribution is 7.89. The first-order chi connectivity index (χ1) is 46.8. The van der Waals surface area contributed by atoms with Gasteiger partial charge in [-0.05, 0) is 137 Å². The number of aromatic nitrogens is 2. The molecule has 11 atom stereocenters. The molecule has 6 saturated heterocycles. The highest BCUT2D eigenvalue weighted by Gasteiger charge is 2.46. The van der Waals surface area contributed by atoms with Crippen LogP contribution in [0.25, 0.3) is 20.4 Å². The van der Waals surface area contributed by atoms with Gasteiger partial charge in [-0.15, -0.1) is 0 Å². The molecule has 2 amide bonds. The van der Waals surface area contributed by atoms with Crippen LogP contribution in [0.3, 0.4) is 0 Å². The Morgan fingerprint density at radius 2 is 1.09 bits per heavy atom. The second-order valence-electron chi connectivity index (χ2n) is 27.0. The number of aliphatic hydroxyl groups is 2. The van der Waals surface area contributed by atoms with Crippen molar-refractivity contribution in [1.82, 2.24) is 39.0 Å². The lowest BCUT2D eigenvalue weighted by atomic mass is 10.0. The number of ether oxygens (including phenoxy) is 6. The molecule has 0 bridgehead atoms. The SMILES string of the molecule is CC(C)CN(C[C@@H](O)[C@H](Cc1ccccc1)NC(=O)O[C@H]1CO[C@H]2OCC[C@H]21)S(=O)(=O)c1ccc2nc(NCCN3CCCC3)sc2c1.CCN1CCC[C@@H]1CNc1nc2ccc(S(=O)(=O)N(CC(C)C)C[C@@H](O)[C@H](Cc3ccccc3)NC(=O)O[C@H]3CO[C@H]4OCC[C@H]43)cc2s1. The number of nitrogens with one attached hydrogen (secondary N) is 4. The molecule has 0 unspecified atom stereocenters. The molecule has 6 aromatic rings. The van der Waals surface area contributed by atoms with Crippen LogP contribution in [0.2, 0.25) is 0 Å². The van der Waals surface area contributed by atoms with E-state index in [2.05, 4.69) is 43.0 Å². The molecular weight excluding hydrogens is 1320 g/mol. The first kappa shape index (κ1) is 72.5. The lowest BCUT2D eigenvalue weighted by Gasteiger charge is -2.31. The molecule has 24 nitrogen and oxygen atoms in total. The van der Waals surface area contributed by atoms with Crippen LogP contribution in [0, 0.1) is 23.7 Å². The van der Waals surface area contributed by atoms with Gasteiger partial charge in [0.2, 0.25) is 20.0 Å². The van der Waals surface area contributed by atoms with Gasteiger partial charge in [0.25, 0.3) is 0 Å². The Morgan fingerprint density at radius 3 is 1.56 bits per heavy atom. The number of aliphatic hydroxyl groups excluding tert-OH is 2. The maximum absolute atomic E-state index is 14.2. The third-order valence-corrected chi connectivity index (χ3v) is 24.4. The number of hydrogen-bond donors (Lipinski definition) is 6. The zero-order valence-corrected chi connectivity index (χ0v) is 59.4. The fraction of sp³-hybridized carbons (Fsp3) is 0.594. The molecule has 12 rings (SSSR count). The van der Waals surface area contributed by atoms with Crippen molar-refractivity contribution in [2.24, 2.45) is 23.7 Å². The van der Waals surface area contributed by atoms with E-state index in [4.69, 9.17) is 33.4 Å².